The maximum Gasteiger partial charge on any atom is 0.357 e. The molecule has 1 heterocycles. The summed E-state index contributed by atoms with van der Waals surface area (Å²) in [6.07, 6.45) is 1.13. The van der Waals surface area contributed by atoms with Gasteiger partial charge in [-0.1, -0.05) is 0 Å². The zero-order valence-electron chi connectivity index (χ0n) is 11.7. The van der Waals surface area contributed by atoms with Gasteiger partial charge in [0.15, 0.2) is 5.69 Å². The van der Waals surface area contributed by atoms with Crippen molar-refractivity contribution in [2.45, 2.75) is 13.5 Å². The standard InChI is InChI=1S/C11H18N2O5S2/c1-4-18-11(14)9-8-19-10(12-9)7-13(5-6-17-2)20(3,15)16/h8H,4-7H2,1-3H3. The van der Waals surface area contributed by atoms with E-state index in [1.807, 2.05) is 0 Å². The zero-order valence-corrected chi connectivity index (χ0v) is 13.3. The summed E-state index contributed by atoms with van der Waals surface area (Å²) in [5.74, 6) is -0.502. The molecule has 0 amide bonds. The first-order valence-electron chi connectivity index (χ1n) is 5.94. The molecule has 0 aliphatic rings. The number of carbonyl (C=O) groups is 1. The van der Waals surface area contributed by atoms with Gasteiger partial charge in [0.2, 0.25) is 10.0 Å². The Kier molecular flexibility index (Phi) is 6.53. The maximum atomic E-state index is 11.6. The Hall–Kier alpha value is -1.03. The van der Waals surface area contributed by atoms with Gasteiger partial charge in [0, 0.05) is 19.0 Å². The Bertz CT molecular complexity index is 541. The number of sulfonamides is 1. The number of hydrogen-bond donors (Lipinski definition) is 0. The van der Waals surface area contributed by atoms with Gasteiger partial charge in [-0.15, -0.1) is 11.3 Å². The fraction of sp³-hybridized carbons (Fsp3) is 0.636. The Balaban J connectivity index is 2.77. The number of methoxy groups -OCH3 is 1. The number of aromatic nitrogens is 1. The zero-order chi connectivity index (χ0) is 15.2. The van der Waals surface area contributed by atoms with Crippen LogP contribution in [0.3, 0.4) is 0 Å². The minimum Gasteiger partial charge on any atom is -0.461 e. The van der Waals surface area contributed by atoms with E-state index in [1.165, 1.54) is 22.8 Å². The Morgan fingerprint density at radius 3 is 2.75 bits per heavy atom. The van der Waals surface area contributed by atoms with Crippen molar-refractivity contribution in [3.05, 3.63) is 16.1 Å². The lowest BCUT2D eigenvalue weighted by atomic mass is 10.5. The SMILES string of the molecule is CCOC(=O)c1csc(CN(CCOC)S(C)(=O)=O)n1. The van der Waals surface area contributed by atoms with Crippen LogP contribution < -0.4 is 0 Å². The average molecular weight is 322 g/mol. The first-order valence-corrected chi connectivity index (χ1v) is 8.66. The van der Waals surface area contributed by atoms with E-state index in [9.17, 15) is 13.2 Å². The summed E-state index contributed by atoms with van der Waals surface area (Å²) >= 11 is 1.22. The summed E-state index contributed by atoms with van der Waals surface area (Å²) in [7, 11) is -1.85. The fourth-order valence-corrected chi connectivity index (χ4v) is 3.01. The second-order valence-corrected chi connectivity index (χ2v) is 6.86. The van der Waals surface area contributed by atoms with E-state index in [0.717, 1.165) is 6.26 Å². The highest BCUT2D eigenvalue weighted by molar-refractivity contribution is 7.88. The van der Waals surface area contributed by atoms with Crippen LogP contribution >= 0.6 is 11.3 Å². The van der Waals surface area contributed by atoms with Crippen LogP contribution in [-0.2, 0) is 26.0 Å². The van der Waals surface area contributed by atoms with E-state index >= 15 is 0 Å². The van der Waals surface area contributed by atoms with Gasteiger partial charge < -0.3 is 9.47 Å². The largest absolute Gasteiger partial charge is 0.461 e. The predicted molar refractivity (Wildman–Crippen MR) is 75.2 cm³/mol. The number of nitrogens with zero attached hydrogens (tertiary/aromatic N) is 2. The summed E-state index contributed by atoms with van der Waals surface area (Å²) in [5.41, 5.74) is 0.201. The van der Waals surface area contributed by atoms with Crippen molar-refractivity contribution in [1.29, 1.82) is 0 Å². The molecule has 0 fully saturated rings. The molecule has 9 heteroatoms. The monoisotopic (exact) mass is 322 g/mol. The molecular weight excluding hydrogens is 304 g/mol. The van der Waals surface area contributed by atoms with Crippen molar-refractivity contribution < 1.29 is 22.7 Å². The van der Waals surface area contributed by atoms with Gasteiger partial charge in [-0.3, -0.25) is 0 Å². The van der Waals surface area contributed by atoms with Crippen LogP contribution in [0.2, 0.25) is 0 Å². The molecule has 0 atom stereocenters. The molecule has 0 bridgehead atoms. The molecule has 114 valence electrons. The summed E-state index contributed by atoms with van der Waals surface area (Å²) in [5, 5.41) is 2.10. The average Bonchev–Trinajstić information content (AvgIpc) is 2.82. The molecule has 0 saturated heterocycles. The quantitative estimate of drug-likeness (QED) is 0.656. The Labute approximate surface area is 122 Å². The van der Waals surface area contributed by atoms with E-state index < -0.39 is 16.0 Å². The van der Waals surface area contributed by atoms with Gasteiger partial charge >= 0.3 is 5.97 Å². The number of ether oxygens (including phenoxy) is 2. The smallest absolute Gasteiger partial charge is 0.357 e. The van der Waals surface area contributed by atoms with Crippen LogP contribution in [0.4, 0.5) is 0 Å². The third-order valence-electron chi connectivity index (χ3n) is 2.36. The second-order valence-electron chi connectivity index (χ2n) is 3.94. The van der Waals surface area contributed by atoms with E-state index in [4.69, 9.17) is 9.47 Å². The van der Waals surface area contributed by atoms with Crippen LogP contribution in [0.15, 0.2) is 5.38 Å². The first kappa shape index (κ1) is 17.0. The molecule has 7 nitrogen and oxygen atoms in total. The normalized spacial score (nSPS) is 11.8. The van der Waals surface area contributed by atoms with Crippen molar-refractivity contribution in [2.24, 2.45) is 0 Å². The molecule has 1 aromatic heterocycles. The lowest BCUT2D eigenvalue weighted by Gasteiger charge is -2.17. The molecule has 0 unspecified atom stereocenters. The number of carbonyl (C=O) groups excluding carboxylic acids is 1. The number of hydrogen-bond acceptors (Lipinski definition) is 7. The number of thiazole rings is 1. The van der Waals surface area contributed by atoms with Gasteiger partial charge in [0.1, 0.15) is 5.01 Å². The first-order chi connectivity index (χ1) is 9.38. The molecule has 0 aromatic carbocycles. The van der Waals surface area contributed by atoms with Gasteiger partial charge in [0.05, 0.1) is 26.0 Å². The van der Waals surface area contributed by atoms with Crippen LogP contribution in [-0.4, -0.2) is 56.8 Å². The molecule has 1 aromatic rings. The molecule has 0 radical (unpaired) electrons. The van der Waals surface area contributed by atoms with Crippen molar-refractivity contribution in [3.8, 4) is 0 Å². The third-order valence-corrected chi connectivity index (χ3v) is 4.45. The molecular formula is C11H18N2O5S2. The highest BCUT2D eigenvalue weighted by Crippen LogP contribution is 2.15. The minimum absolute atomic E-state index is 0.117. The minimum atomic E-state index is -3.35. The summed E-state index contributed by atoms with van der Waals surface area (Å²) in [6.45, 7) is 2.63. The van der Waals surface area contributed by atoms with Crippen LogP contribution in [0.5, 0.6) is 0 Å². The number of rotatable bonds is 8. The van der Waals surface area contributed by atoms with Gasteiger partial charge in [-0.2, -0.15) is 4.31 Å². The van der Waals surface area contributed by atoms with Crippen molar-refractivity contribution in [3.63, 3.8) is 0 Å². The van der Waals surface area contributed by atoms with Crippen molar-refractivity contribution in [2.75, 3.05) is 33.1 Å². The van der Waals surface area contributed by atoms with Crippen LogP contribution in [0.25, 0.3) is 0 Å². The van der Waals surface area contributed by atoms with Crippen molar-refractivity contribution in [1.82, 2.24) is 9.29 Å². The Morgan fingerprint density at radius 1 is 1.50 bits per heavy atom. The highest BCUT2D eigenvalue weighted by atomic mass is 32.2. The molecule has 0 spiro atoms. The van der Waals surface area contributed by atoms with E-state index in [-0.39, 0.29) is 25.4 Å². The predicted octanol–water partition coefficient (Wildman–Crippen LogP) is 0.728. The topological polar surface area (TPSA) is 85.8 Å². The molecule has 20 heavy (non-hydrogen) atoms. The highest BCUT2D eigenvalue weighted by Gasteiger charge is 2.19. The maximum absolute atomic E-state index is 11.6. The summed E-state index contributed by atoms with van der Waals surface area (Å²) in [6, 6.07) is 0. The van der Waals surface area contributed by atoms with Crippen LogP contribution in [0, 0.1) is 0 Å². The lowest BCUT2D eigenvalue weighted by molar-refractivity contribution is 0.0520. The lowest BCUT2D eigenvalue weighted by Crippen LogP contribution is -2.32. The van der Waals surface area contributed by atoms with Gasteiger partial charge in [-0.05, 0) is 6.92 Å². The molecule has 1 rings (SSSR count). The fourth-order valence-electron chi connectivity index (χ4n) is 1.39. The molecule has 0 saturated carbocycles. The van der Waals surface area contributed by atoms with Gasteiger partial charge in [-0.25, -0.2) is 18.2 Å². The van der Waals surface area contributed by atoms with Crippen LogP contribution in [0.1, 0.15) is 22.4 Å². The molecule has 0 aliphatic heterocycles. The Morgan fingerprint density at radius 2 is 2.20 bits per heavy atom. The van der Waals surface area contributed by atoms with E-state index in [2.05, 4.69) is 4.98 Å². The molecule has 0 N–H and O–H groups in total. The van der Waals surface area contributed by atoms with Crippen molar-refractivity contribution >= 4 is 27.3 Å². The van der Waals surface area contributed by atoms with E-state index in [1.54, 1.807) is 12.3 Å². The third kappa shape index (κ3) is 5.16. The summed E-state index contributed by atoms with van der Waals surface area (Å²) in [4.78, 5) is 15.6. The van der Waals surface area contributed by atoms with E-state index in [0.29, 0.717) is 11.6 Å². The second kappa shape index (κ2) is 7.67. The van der Waals surface area contributed by atoms with Gasteiger partial charge in [0.25, 0.3) is 0 Å². The number of esters is 1. The molecule has 0 aliphatic carbocycles. The summed E-state index contributed by atoms with van der Waals surface area (Å²) < 4.78 is 34.3.